The fourth-order valence-electron chi connectivity index (χ4n) is 1.87. The number of ketones is 2. The van der Waals surface area contributed by atoms with Gasteiger partial charge in [0.05, 0.1) is 24.7 Å². The van der Waals surface area contributed by atoms with Gasteiger partial charge in [0.1, 0.15) is 5.15 Å². The smallest absolute Gasteiger partial charge is 0.337 e. The lowest BCUT2D eigenvalue weighted by atomic mass is 10.0. The molecule has 0 saturated carbocycles. The maximum Gasteiger partial charge on any atom is 0.337 e. The van der Waals surface area contributed by atoms with Crippen LogP contribution in [0.2, 0.25) is 5.15 Å². The maximum atomic E-state index is 12.2. The zero-order chi connectivity index (χ0) is 16.1. The lowest BCUT2D eigenvalue weighted by molar-refractivity contribution is 0.0600. The molecule has 0 aliphatic carbocycles. The van der Waals surface area contributed by atoms with E-state index in [0.717, 1.165) is 0 Å². The van der Waals surface area contributed by atoms with Crippen molar-refractivity contribution < 1.29 is 19.1 Å². The molecule has 6 heteroatoms. The number of esters is 1. The van der Waals surface area contributed by atoms with Gasteiger partial charge in [-0.15, -0.1) is 0 Å². The van der Waals surface area contributed by atoms with Gasteiger partial charge < -0.3 is 4.74 Å². The SMILES string of the molecule is COC(=O)c1cccc(C(=O)CC(=O)c2cccnc2Cl)c1. The predicted octanol–water partition coefficient (Wildman–Crippen LogP) is 2.98. The molecule has 0 amide bonds. The Morgan fingerprint density at radius 2 is 1.82 bits per heavy atom. The molecule has 0 aliphatic rings. The van der Waals surface area contributed by atoms with Gasteiger partial charge in [0.15, 0.2) is 11.6 Å². The lowest BCUT2D eigenvalue weighted by Gasteiger charge is -2.04. The van der Waals surface area contributed by atoms with Gasteiger partial charge in [0.2, 0.25) is 0 Å². The van der Waals surface area contributed by atoms with Crippen LogP contribution >= 0.6 is 11.6 Å². The molecule has 5 nitrogen and oxygen atoms in total. The Morgan fingerprint density at radius 3 is 2.50 bits per heavy atom. The Hall–Kier alpha value is -2.53. The van der Waals surface area contributed by atoms with Crippen molar-refractivity contribution in [1.82, 2.24) is 4.98 Å². The molecule has 2 rings (SSSR count). The molecule has 0 atom stereocenters. The average molecular weight is 318 g/mol. The highest BCUT2D eigenvalue weighted by Gasteiger charge is 2.17. The van der Waals surface area contributed by atoms with E-state index in [0.29, 0.717) is 0 Å². The second kappa shape index (κ2) is 6.95. The first kappa shape index (κ1) is 15.9. The molecular weight excluding hydrogens is 306 g/mol. The maximum absolute atomic E-state index is 12.2. The molecule has 1 aromatic heterocycles. The highest BCUT2D eigenvalue weighted by Crippen LogP contribution is 2.16. The Morgan fingerprint density at radius 1 is 1.09 bits per heavy atom. The van der Waals surface area contributed by atoms with Crippen LogP contribution in [0.15, 0.2) is 42.6 Å². The molecule has 112 valence electrons. The van der Waals surface area contributed by atoms with E-state index in [1.165, 1.54) is 37.6 Å². The van der Waals surface area contributed by atoms with Crippen LogP contribution in [0.5, 0.6) is 0 Å². The summed E-state index contributed by atoms with van der Waals surface area (Å²) in [6.45, 7) is 0. The highest BCUT2D eigenvalue weighted by atomic mass is 35.5. The number of nitrogens with zero attached hydrogens (tertiary/aromatic N) is 1. The zero-order valence-corrected chi connectivity index (χ0v) is 12.5. The number of hydrogen-bond donors (Lipinski definition) is 0. The first-order valence-corrected chi connectivity index (χ1v) is 6.76. The summed E-state index contributed by atoms with van der Waals surface area (Å²) in [6, 6.07) is 9.10. The van der Waals surface area contributed by atoms with Crippen molar-refractivity contribution in [2.24, 2.45) is 0 Å². The van der Waals surface area contributed by atoms with E-state index in [1.54, 1.807) is 12.1 Å². The highest BCUT2D eigenvalue weighted by molar-refractivity contribution is 6.33. The second-order valence-electron chi connectivity index (χ2n) is 4.44. The van der Waals surface area contributed by atoms with E-state index in [-0.39, 0.29) is 28.3 Å². The number of carbonyl (C=O) groups is 3. The number of pyridine rings is 1. The second-order valence-corrected chi connectivity index (χ2v) is 4.80. The van der Waals surface area contributed by atoms with Gasteiger partial charge in [-0.3, -0.25) is 9.59 Å². The van der Waals surface area contributed by atoms with Crippen LogP contribution in [0, 0.1) is 0 Å². The van der Waals surface area contributed by atoms with Crippen LogP contribution in [0.1, 0.15) is 37.5 Å². The minimum Gasteiger partial charge on any atom is -0.465 e. The molecule has 0 bridgehead atoms. The average Bonchev–Trinajstić information content (AvgIpc) is 2.54. The van der Waals surface area contributed by atoms with Crippen molar-refractivity contribution in [3.05, 3.63) is 64.4 Å². The van der Waals surface area contributed by atoms with E-state index >= 15 is 0 Å². The number of carbonyl (C=O) groups excluding carboxylic acids is 3. The van der Waals surface area contributed by atoms with Crippen molar-refractivity contribution in [2.45, 2.75) is 6.42 Å². The largest absolute Gasteiger partial charge is 0.465 e. The third-order valence-corrected chi connectivity index (χ3v) is 3.29. The summed E-state index contributed by atoms with van der Waals surface area (Å²) in [7, 11) is 1.25. The van der Waals surface area contributed by atoms with Crippen LogP contribution in [0.4, 0.5) is 0 Å². The Kier molecular flexibility index (Phi) is 5.01. The molecule has 1 aromatic carbocycles. The summed E-state index contributed by atoms with van der Waals surface area (Å²) in [4.78, 5) is 39.5. The first-order chi connectivity index (χ1) is 10.5. The number of benzene rings is 1. The normalized spacial score (nSPS) is 10.1. The molecule has 1 heterocycles. The van der Waals surface area contributed by atoms with Gasteiger partial charge in [-0.2, -0.15) is 0 Å². The van der Waals surface area contributed by atoms with Gasteiger partial charge >= 0.3 is 5.97 Å². The molecule has 0 spiro atoms. The number of ether oxygens (including phenoxy) is 1. The monoisotopic (exact) mass is 317 g/mol. The lowest BCUT2D eigenvalue weighted by Crippen LogP contribution is -2.10. The molecule has 0 fully saturated rings. The summed E-state index contributed by atoms with van der Waals surface area (Å²) >= 11 is 5.83. The van der Waals surface area contributed by atoms with Gasteiger partial charge in [0.25, 0.3) is 0 Å². The molecule has 22 heavy (non-hydrogen) atoms. The third kappa shape index (κ3) is 3.56. The van der Waals surface area contributed by atoms with Gasteiger partial charge in [-0.1, -0.05) is 23.7 Å². The molecule has 0 radical (unpaired) electrons. The van der Waals surface area contributed by atoms with E-state index < -0.39 is 17.5 Å². The fraction of sp³-hybridized carbons (Fsp3) is 0.125. The standard InChI is InChI=1S/C16H12ClNO4/c1-22-16(21)11-5-2-4-10(8-11)13(19)9-14(20)12-6-3-7-18-15(12)17/h2-8H,9H2,1H3. The molecule has 0 saturated heterocycles. The summed E-state index contributed by atoms with van der Waals surface area (Å²) in [5.41, 5.74) is 0.707. The van der Waals surface area contributed by atoms with Crippen molar-refractivity contribution in [3.8, 4) is 0 Å². The molecule has 0 unspecified atom stereocenters. The van der Waals surface area contributed by atoms with Crippen LogP contribution in [-0.4, -0.2) is 29.6 Å². The van der Waals surface area contributed by atoms with Crippen LogP contribution in [0.3, 0.4) is 0 Å². The summed E-state index contributed by atoms with van der Waals surface area (Å²) in [5, 5.41) is 0.0589. The van der Waals surface area contributed by atoms with Gasteiger partial charge in [-0.05, 0) is 24.3 Å². The zero-order valence-electron chi connectivity index (χ0n) is 11.7. The fourth-order valence-corrected chi connectivity index (χ4v) is 2.10. The Labute approximate surface area is 131 Å². The van der Waals surface area contributed by atoms with Crippen molar-refractivity contribution in [3.63, 3.8) is 0 Å². The topological polar surface area (TPSA) is 73.3 Å². The molecule has 0 N–H and O–H groups in total. The number of rotatable bonds is 5. The predicted molar refractivity (Wildman–Crippen MR) is 80.3 cm³/mol. The molecule has 0 aliphatic heterocycles. The van der Waals surface area contributed by atoms with Crippen molar-refractivity contribution >= 4 is 29.1 Å². The number of methoxy groups -OCH3 is 1. The number of hydrogen-bond acceptors (Lipinski definition) is 5. The van der Waals surface area contributed by atoms with E-state index in [9.17, 15) is 14.4 Å². The van der Waals surface area contributed by atoms with E-state index in [2.05, 4.69) is 9.72 Å². The molecular formula is C16H12ClNO4. The number of halogens is 1. The minimum absolute atomic E-state index is 0.0589. The third-order valence-electron chi connectivity index (χ3n) is 2.99. The summed E-state index contributed by atoms with van der Waals surface area (Å²) in [5.74, 6) is -1.38. The summed E-state index contributed by atoms with van der Waals surface area (Å²) in [6.07, 6.45) is 1.11. The minimum atomic E-state index is -0.545. The van der Waals surface area contributed by atoms with Crippen LogP contribution in [-0.2, 0) is 4.74 Å². The van der Waals surface area contributed by atoms with E-state index in [1.807, 2.05) is 0 Å². The van der Waals surface area contributed by atoms with E-state index in [4.69, 9.17) is 11.6 Å². The van der Waals surface area contributed by atoms with Gasteiger partial charge in [0, 0.05) is 11.8 Å². The van der Waals surface area contributed by atoms with Crippen molar-refractivity contribution in [2.75, 3.05) is 7.11 Å². The van der Waals surface area contributed by atoms with Crippen LogP contribution in [0.25, 0.3) is 0 Å². The molecule has 2 aromatic rings. The van der Waals surface area contributed by atoms with Crippen molar-refractivity contribution in [1.29, 1.82) is 0 Å². The number of aromatic nitrogens is 1. The quantitative estimate of drug-likeness (QED) is 0.367. The number of Topliss-reactive ketones (excluding diaryl/α,β-unsaturated/α-hetero) is 2. The van der Waals surface area contributed by atoms with Crippen LogP contribution < -0.4 is 0 Å². The first-order valence-electron chi connectivity index (χ1n) is 6.38. The Balaban J connectivity index is 2.18. The van der Waals surface area contributed by atoms with Gasteiger partial charge in [-0.25, -0.2) is 9.78 Å². The summed E-state index contributed by atoms with van der Waals surface area (Å²) < 4.78 is 4.59. The Bertz CT molecular complexity index is 742.